The first kappa shape index (κ1) is 30.9. The van der Waals surface area contributed by atoms with E-state index in [1.165, 1.54) is 5.56 Å². The number of ether oxygens (including phenoxy) is 7. The predicted octanol–water partition coefficient (Wildman–Crippen LogP) is 3.40. The summed E-state index contributed by atoms with van der Waals surface area (Å²) < 4.78 is 39.8. The third-order valence-corrected chi connectivity index (χ3v) is 7.73. The molecule has 0 amide bonds. The fourth-order valence-corrected chi connectivity index (χ4v) is 5.24. The van der Waals surface area contributed by atoms with Gasteiger partial charge in [-0.3, -0.25) is 0 Å². The topological polar surface area (TPSA) is 122 Å². The molecule has 2 unspecified atom stereocenters. The molecule has 230 valence electrons. The average Bonchev–Trinajstić information content (AvgIpc) is 3.73. The molecule has 2 N–H and O–H groups in total. The van der Waals surface area contributed by atoms with Crippen LogP contribution >= 0.6 is 0 Å². The Kier molecular flexibility index (Phi) is 11.2. The summed E-state index contributed by atoms with van der Waals surface area (Å²) in [6.07, 6.45) is 0.288. The Morgan fingerprint density at radius 1 is 0.929 bits per heavy atom. The number of aliphatic hydroxyl groups excluding tert-OH is 2. The van der Waals surface area contributed by atoms with E-state index in [1.54, 1.807) is 0 Å². The smallest absolute Gasteiger partial charge is 0.332 e. The van der Waals surface area contributed by atoms with Gasteiger partial charge < -0.3 is 43.4 Å². The van der Waals surface area contributed by atoms with Crippen LogP contribution in [0.15, 0.2) is 42.5 Å². The normalized spacial score (nSPS) is 27.7. The summed E-state index contributed by atoms with van der Waals surface area (Å²) in [7, 11) is 0. The van der Waals surface area contributed by atoms with Crippen molar-refractivity contribution in [2.45, 2.75) is 95.7 Å². The van der Waals surface area contributed by atoms with Crippen LogP contribution in [-0.2, 0) is 52.7 Å². The van der Waals surface area contributed by atoms with Gasteiger partial charge in [-0.25, -0.2) is 4.79 Å². The highest BCUT2D eigenvalue weighted by atomic mass is 16.7. The molecular weight excluding hydrogens is 544 g/mol. The lowest BCUT2D eigenvalue weighted by atomic mass is 10.00. The molecule has 3 aliphatic heterocycles. The zero-order valence-corrected chi connectivity index (χ0v) is 24.2. The van der Waals surface area contributed by atoms with E-state index in [4.69, 9.17) is 33.2 Å². The van der Waals surface area contributed by atoms with Gasteiger partial charge in [0.2, 0.25) is 6.29 Å². The number of carbonyl (C=O) groups is 1. The second-order valence-corrected chi connectivity index (χ2v) is 11.0. The largest absolute Gasteiger partial charge is 0.462 e. The summed E-state index contributed by atoms with van der Waals surface area (Å²) in [6.45, 7) is 3.45. The van der Waals surface area contributed by atoms with Gasteiger partial charge in [-0.05, 0) is 47.6 Å². The Morgan fingerprint density at radius 3 is 2.31 bits per heavy atom. The van der Waals surface area contributed by atoms with Gasteiger partial charge in [0.1, 0.15) is 25.1 Å². The van der Waals surface area contributed by atoms with Gasteiger partial charge in [0.05, 0.1) is 18.8 Å². The number of hydrogen-bond donors (Lipinski definition) is 2. The van der Waals surface area contributed by atoms with Crippen molar-refractivity contribution in [1.82, 2.24) is 0 Å². The van der Waals surface area contributed by atoms with Gasteiger partial charge in [0.25, 0.3) is 0 Å². The van der Waals surface area contributed by atoms with Crippen LogP contribution in [0.1, 0.15) is 61.3 Å². The Balaban J connectivity index is 1.24. The van der Waals surface area contributed by atoms with Crippen molar-refractivity contribution >= 4 is 5.97 Å². The van der Waals surface area contributed by atoms with Gasteiger partial charge in [0.15, 0.2) is 12.6 Å². The molecule has 3 fully saturated rings. The molecule has 5 rings (SSSR count). The van der Waals surface area contributed by atoms with Gasteiger partial charge in [0, 0.05) is 38.9 Å². The summed E-state index contributed by atoms with van der Waals surface area (Å²) >= 11 is 0. The number of esters is 1. The van der Waals surface area contributed by atoms with Crippen molar-refractivity contribution in [2.24, 2.45) is 0 Å². The number of aliphatic hydroxyl groups is 2. The molecule has 3 aliphatic rings. The lowest BCUT2D eigenvalue weighted by molar-refractivity contribution is -0.243. The molecule has 0 radical (unpaired) electrons. The maximum Gasteiger partial charge on any atom is 0.332 e. The van der Waals surface area contributed by atoms with Gasteiger partial charge in [-0.2, -0.15) is 0 Å². The molecule has 0 bridgehead atoms. The van der Waals surface area contributed by atoms with E-state index in [2.05, 4.69) is 31.2 Å². The first-order chi connectivity index (χ1) is 20.5. The fraction of sp³-hybridized carbons (Fsp3) is 0.594. The third kappa shape index (κ3) is 8.73. The average molecular weight is 587 g/mol. The highest BCUT2D eigenvalue weighted by Gasteiger charge is 2.39. The van der Waals surface area contributed by atoms with Crippen LogP contribution < -0.4 is 4.74 Å². The SMILES string of the molecule is CCc1ccc(Cc2ccc(COC3CCCO3)cc2O[C@H]2O[C@H](COC(=O)COC3CCCO3)C[C@H](O)[C@H]2O)cc1. The van der Waals surface area contributed by atoms with Crippen molar-refractivity contribution in [3.63, 3.8) is 0 Å². The zero-order chi connectivity index (χ0) is 29.3. The highest BCUT2D eigenvalue weighted by Crippen LogP contribution is 2.30. The molecule has 2 aromatic carbocycles. The van der Waals surface area contributed by atoms with E-state index in [1.807, 2.05) is 18.2 Å². The summed E-state index contributed by atoms with van der Waals surface area (Å²) in [6, 6.07) is 14.3. The molecule has 42 heavy (non-hydrogen) atoms. The number of rotatable bonds is 13. The molecule has 0 aliphatic carbocycles. The summed E-state index contributed by atoms with van der Waals surface area (Å²) in [4.78, 5) is 12.2. The standard InChI is InChI=1S/C32H42O10/c1-2-21-7-9-22(10-8-21)15-24-12-11-23(18-39-29-5-3-13-36-29)16-27(24)42-32-31(35)26(33)17-25(41-32)19-38-28(34)20-40-30-6-4-14-37-30/h7-12,16,25-26,29-33,35H,2-6,13-15,17-20H2,1H3/t25-,26-,29?,30?,31+,32+/m0/s1. The molecule has 10 heteroatoms. The van der Waals surface area contributed by atoms with Gasteiger partial charge >= 0.3 is 5.97 Å². The van der Waals surface area contributed by atoms with Crippen LogP contribution in [0.4, 0.5) is 0 Å². The van der Waals surface area contributed by atoms with Gasteiger partial charge in [-0.1, -0.05) is 43.3 Å². The first-order valence-electron chi connectivity index (χ1n) is 15.0. The van der Waals surface area contributed by atoms with Gasteiger partial charge in [-0.15, -0.1) is 0 Å². The number of carbonyl (C=O) groups excluding carboxylic acids is 1. The Morgan fingerprint density at radius 2 is 1.62 bits per heavy atom. The zero-order valence-electron chi connectivity index (χ0n) is 24.2. The second-order valence-electron chi connectivity index (χ2n) is 11.0. The maximum atomic E-state index is 12.2. The Bertz CT molecular complexity index is 1130. The van der Waals surface area contributed by atoms with E-state index >= 15 is 0 Å². The van der Waals surface area contributed by atoms with Crippen molar-refractivity contribution in [3.8, 4) is 5.75 Å². The molecule has 10 nitrogen and oxygen atoms in total. The Hall–Kier alpha value is -2.57. The number of benzene rings is 2. The summed E-state index contributed by atoms with van der Waals surface area (Å²) in [5.74, 6) is -0.0376. The van der Waals surface area contributed by atoms with Crippen LogP contribution in [0, 0.1) is 0 Å². The van der Waals surface area contributed by atoms with E-state index < -0.39 is 30.6 Å². The van der Waals surface area contributed by atoms with Crippen molar-refractivity contribution < 1.29 is 48.2 Å². The molecule has 0 aromatic heterocycles. The highest BCUT2D eigenvalue weighted by molar-refractivity contribution is 5.70. The van der Waals surface area contributed by atoms with E-state index in [9.17, 15) is 15.0 Å². The van der Waals surface area contributed by atoms with E-state index in [0.717, 1.165) is 48.8 Å². The minimum atomic E-state index is -1.29. The van der Waals surface area contributed by atoms with Crippen molar-refractivity contribution in [3.05, 3.63) is 64.7 Å². The first-order valence-corrected chi connectivity index (χ1v) is 15.0. The maximum absolute atomic E-state index is 12.2. The molecule has 6 atom stereocenters. The lowest BCUT2D eigenvalue weighted by Gasteiger charge is -2.37. The number of aryl methyl sites for hydroxylation is 1. The van der Waals surface area contributed by atoms with Crippen LogP contribution in [0.5, 0.6) is 5.75 Å². The van der Waals surface area contributed by atoms with E-state index in [-0.39, 0.29) is 32.2 Å². The molecule has 0 saturated carbocycles. The van der Waals surface area contributed by atoms with Crippen LogP contribution in [0.2, 0.25) is 0 Å². The lowest BCUT2D eigenvalue weighted by Crippen LogP contribution is -2.52. The summed E-state index contributed by atoms with van der Waals surface area (Å²) in [5.41, 5.74) is 4.15. The second kappa shape index (κ2) is 15.2. The van der Waals surface area contributed by atoms with Crippen LogP contribution in [0.3, 0.4) is 0 Å². The third-order valence-electron chi connectivity index (χ3n) is 7.73. The van der Waals surface area contributed by atoms with Crippen LogP contribution in [-0.4, -0.2) is 79.8 Å². The summed E-state index contributed by atoms with van der Waals surface area (Å²) in [5, 5.41) is 21.4. The molecule has 3 heterocycles. The van der Waals surface area contributed by atoms with Crippen LogP contribution in [0.25, 0.3) is 0 Å². The minimum absolute atomic E-state index is 0.0901. The van der Waals surface area contributed by atoms with E-state index in [0.29, 0.717) is 32.0 Å². The van der Waals surface area contributed by atoms with Crippen molar-refractivity contribution in [2.75, 3.05) is 26.4 Å². The molecular formula is C32H42O10. The predicted molar refractivity (Wildman–Crippen MR) is 151 cm³/mol. The fourth-order valence-electron chi connectivity index (χ4n) is 5.24. The number of hydrogen-bond acceptors (Lipinski definition) is 10. The molecule has 0 spiro atoms. The van der Waals surface area contributed by atoms with Crippen molar-refractivity contribution in [1.29, 1.82) is 0 Å². The molecule has 3 saturated heterocycles. The minimum Gasteiger partial charge on any atom is -0.462 e. The Labute approximate surface area is 246 Å². The monoisotopic (exact) mass is 586 g/mol. The molecule has 2 aromatic rings. The quantitative estimate of drug-likeness (QED) is 0.338.